The predicted octanol–water partition coefficient (Wildman–Crippen LogP) is -0.0750. The van der Waals surface area contributed by atoms with Crippen LogP contribution in [-0.4, -0.2) is 5.91 Å². The number of hydrogen-bond donors (Lipinski definition) is 2. The molecule has 0 spiro atoms. The van der Waals surface area contributed by atoms with Gasteiger partial charge in [-0.1, -0.05) is 0 Å². The van der Waals surface area contributed by atoms with Crippen LogP contribution in [0.2, 0.25) is 0 Å². The molecule has 0 unspecified atom stereocenters. The topological polar surface area (TPSA) is 55.1 Å². The highest BCUT2D eigenvalue weighted by molar-refractivity contribution is 14.1. The number of nitrogens with one attached hydrogen (secondary N) is 1. The van der Waals surface area contributed by atoms with E-state index in [1.54, 1.807) is 22.9 Å². The van der Waals surface area contributed by atoms with Gasteiger partial charge in [0.25, 0.3) is 5.91 Å². The minimum atomic E-state index is -0.192. The van der Waals surface area contributed by atoms with Gasteiger partial charge in [-0.25, -0.2) is 0 Å². The van der Waals surface area contributed by atoms with Crippen molar-refractivity contribution in [2.24, 2.45) is 5.73 Å². The van der Waals surface area contributed by atoms with Crippen LogP contribution in [0.5, 0.6) is 0 Å². The van der Waals surface area contributed by atoms with Crippen molar-refractivity contribution in [3.05, 3.63) is 12.3 Å². The maximum Gasteiger partial charge on any atom is 0.254 e. The Bertz CT molecular complexity index is 90.9. The Hall–Kier alpha value is -0.260. The summed E-state index contributed by atoms with van der Waals surface area (Å²) in [4.78, 5) is 10.1. The minimum Gasteiger partial charge on any atom is -0.404 e. The molecule has 7 heavy (non-hydrogen) atoms. The fourth-order valence-electron chi connectivity index (χ4n) is 0.119. The number of carbonyl (C=O) groups excluding carboxylic acids is 1. The van der Waals surface area contributed by atoms with Crippen LogP contribution in [-0.2, 0) is 4.79 Å². The quantitative estimate of drug-likeness (QED) is 0.363. The smallest absolute Gasteiger partial charge is 0.254 e. The molecule has 3 N–H and O–H groups in total. The summed E-state index contributed by atoms with van der Waals surface area (Å²) in [6.45, 7) is 0. The van der Waals surface area contributed by atoms with E-state index in [1.807, 2.05) is 0 Å². The molecule has 0 saturated heterocycles. The summed E-state index contributed by atoms with van der Waals surface area (Å²) in [6, 6.07) is 0. The lowest BCUT2D eigenvalue weighted by molar-refractivity contribution is -0.114. The van der Waals surface area contributed by atoms with Crippen LogP contribution in [0.15, 0.2) is 12.3 Å². The summed E-state index contributed by atoms with van der Waals surface area (Å²) < 4.78 is 2.33. The Labute approximate surface area is 55.4 Å². The van der Waals surface area contributed by atoms with Crippen molar-refractivity contribution in [1.82, 2.24) is 3.53 Å². The number of halogens is 1. The van der Waals surface area contributed by atoms with Crippen molar-refractivity contribution < 1.29 is 4.79 Å². The van der Waals surface area contributed by atoms with Crippen LogP contribution in [0.1, 0.15) is 0 Å². The zero-order valence-electron chi connectivity index (χ0n) is 3.52. The Kier molecular flexibility index (Phi) is 3.77. The highest BCUT2D eigenvalue weighted by Gasteiger charge is 1.83. The SMILES string of the molecule is N/C=C\C(=O)NI. The second-order valence-corrected chi connectivity index (χ2v) is 1.36. The zero-order valence-corrected chi connectivity index (χ0v) is 5.68. The van der Waals surface area contributed by atoms with E-state index in [-0.39, 0.29) is 5.91 Å². The van der Waals surface area contributed by atoms with Crippen molar-refractivity contribution in [2.45, 2.75) is 0 Å². The lowest BCUT2D eigenvalue weighted by Crippen LogP contribution is -2.07. The van der Waals surface area contributed by atoms with Crippen LogP contribution >= 0.6 is 22.9 Å². The van der Waals surface area contributed by atoms with Gasteiger partial charge in [-0.05, 0) is 6.20 Å². The average molecular weight is 212 g/mol. The van der Waals surface area contributed by atoms with Gasteiger partial charge in [0.2, 0.25) is 0 Å². The summed E-state index contributed by atoms with van der Waals surface area (Å²) >= 11 is 1.73. The molecule has 0 aliphatic carbocycles. The van der Waals surface area contributed by atoms with Gasteiger partial charge in [0.15, 0.2) is 0 Å². The van der Waals surface area contributed by atoms with Crippen molar-refractivity contribution in [3.63, 3.8) is 0 Å². The highest BCUT2D eigenvalue weighted by atomic mass is 127. The molecule has 0 atom stereocenters. The Morgan fingerprint density at radius 2 is 2.43 bits per heavy atom. The van der Waals surface area contributed by atoms with Crippen molar-refractivity contribution >= 4 is 28.8 Å². The molecule has 0 heterocycles. The molecule has 40 valence electrons. The Balaban J connectivity index is 3.37. The fraction of sp³-hybridized carbons (Fsp3) is 0. The highest BCUT2D eigenvalue weighted by Crippen LogP contribution is 1.71. The lowest BCUT2D eigenvalue weighted by Gasteiger charge is -1.81. The van der Waals surface area contributed by atoms with Gasteiger partial charge in [0.1, 0.15) is 0 Å². The molecule has 0 radical (unpaired) electrons. The van der Waals surface area contributed by atoms with Crippen LogP contribution in [0.25, 0.3) is 0 Å². The third kappa shape index (κ3) is 3.57. The van der Waals surface area contributed by atoms with E-state index in [0.29, 0.717) is 0 Å². The van der Waals surface area contributed by atoms with E-state index in [0.717, 1.165) is 0 Å². The number of carbonyl (C=O) groups is 1. The van der Waals surface area contributed by atoms with E-state index in [1.165, 1.54) is 12.3 Å². The zero-order chi connectivity index (χ0) is 5.70. The van der Waals surface area contributed by atoms with Gasteiger partial charge in [-0.15, -0.1) is 0 Å². The second kappa shape index (κ2) is 3.91. The summed E-state index contributed by atoms with van der Waals surface area (Å²) in [5.41, 5.74) is 4.86. The van der Waals surface area contributed by atoms with Gasteiger partial charge in [0.05, 0.1) is 22.9 Å². The number of amides is 1. The predicted molar refractivity (Wildman–Crippen MR) is 35.5 cm³/mol. The van der Waals surface area contributed by atoms with Crippen molar-refractivity contribution in [2.75, 3.05) is 0 Å². The van der Waals surface area contributed by atoms with Crippen LogP contribution < -0.4 is 9.26 Å². The Morgan fingerprint density at radius 1 is 1.86 bits per heavy atom. The molecule has 0 aliphatic heterocycles. The first-order valence-corrected chi connectivity index (χ1v) is 2.68. The Morgan fingerprint density at radius 3 is 2.57 bits per heavy atom. The molecule has 4 heteroatoms. The van der Waals surface area contributed by atoms with Gasteiger partial charge in [-0.3, -0.25) is 8.32 Å². The van der Waals surface area contributed by atoms with Crippen LogP contribution in [0.4, 0.5) is 0 Å². The molecule has 0 fully saturated rings. The summed E-state index contributed by atoms with van der Waals surface area (Å²) in [5, 5.41) is 0. The van der Waals surface area contributed by atoms with Gasteiger partial charge >= 0.3 is 0 Å². The largest absolute Gasteiger partial charge is 0.404 e. The normalized spacial score (nSPS) is 9.29. The van der Waals surface area contributed by atoms with Crippen LogP contribution in [0, 0.1) is 0 Å². The van der Waals surface area contributed by atoms with Crippen LogP contribution in [0.3, 0.4) is 0 Å². The third-order valence-corrected chi connectivity index (χ3v) is 0.872. The third-order valence-electron chi connectivity index (χ3n) is 0.341. The number of hydrogen-bond acceptors (Lipinski definition) is 2. The first-order valence-electron chi connectivity index (χ1n) is 1.60. The maximum atomic E-state index is 10.1. The molecule has 0 saturated carbocycles. The monoisotopic (exact) mass is 212 g/mol. The van der Waals surface area contributed by atoms with E-state index in [9.17, 15) is 4.79 Å². The first kappa shape index (κ1) is 6.74. The fourth-order valence-corrected chi connectivity index (χ4v) is 0.299. The van der Waals surface area contributed by atoms with Crippen molar-refractivity contribution in [1.29, 1.82) is 0 Å². The van der Waals surface area contributed by atoms with E-state index in [2.05, 4.69) is 3.53 Å². The molecular formula is C3H5IN2O. The molecule has 0 aromatic carbocycles. The molecule has 1 amide bonds. The van der Waals surface area contributed by atoms with E-state index in [4.69, 9.17) is 5.73 Å². The molecule has 0 bridgehead atoms. The molecule has 3 nitrogen and oxygen atoms in total. The van der Waals surface area contributed by atoms with E-state index < -0.39 is 0 Å². The average Bonchev–Trinajstić information content (AvgIpc) is 1.68. The van der Waals surface area contributed by atoms with Crippen molar-refractivity contribution in [3.8, 4) is 0 Å². The molecule has 0 aromatic heterocycles. The summed E-state index contributed by atoms with van der Waals surface area (Å²) in [7, 11) is 0. The van der Waals surface area contributed by atoms with Gasteiger partial charge in [-0.2, -0.15) is 0 Å². The summed E-state index contributed by atoms with van der Waals surface area (Å²) in [6.07, 6.45) is 2.43. The number of rotatable bonds is 1. The van der Waals surface area contributed by atoms with Gasteiger partial charge < -0.3 is 5.73 Å². The molecule has 0 aliphatic rings. The van der Waals surface area contributed by atoms with Gasteiger partial charge in [0, 0.05) is 6.08 Å². The standard InChI is InChI=1S/C3H5IN2O/c4-6-3(7)1-2-5/h1-2H,5H2,(H,6,7)/b2-1-. The van der Waals surface area contributed by atoms with E-state index >= 15 is 0 Å². The lowest BCUT2D eigenvalue weighted by atomic mass is 10.6. The molecule has 0 rings (SSSR count). The molecule has 0 aromatic rings. The summed E-state index contributed by atoms with van der Waals surface area (Å²) in [5.74, 6) is -0.192. The second-order valence-electron chi connectivity index (χ2n) is 0.818. The molecular weight excluding hydrogens is 207 g/mol. The first-order chi connectivity index (χ1) is 3.31. The minimum absolute atomic E-state index is 0.192. The maximum absolute atomic E-state index is 10.1. The number of nitrogens with two attached hydrogens (primary N) is 1.